The summed E-state index contributed by atoms with van der Waals surface area (Å²) in [7, 11) is 0. The molecule has 82 valence electrons. The Kier molecular flexibility index (Phi) is 2.89. The van der Waals surface area contributed by atoms with Crippen LogP contribution in [0.3, 0.4) is 0 Å². The number of ether oxygens (including phenoxy) is 1. The molecule has 15 heavy (non-hydrogen) atoms. The molecular formula is C12H16ClNO. The van der Waals surface area contributed by atoms with E-state index in [0.717, 1.165) is 38.1 Å². The van der Waals surface area contributed by atoms with Gasteiger partial charge < -0.3 is 10.1 Å². The Balaban J connectivity index is 0.000000853. The van der Waals surface area contributed by atoms with Crippen molar-refractivity contribution in [2.24, 2.45) is 0 Å². The summed E-state index contributed by atoms with van der Waals surface area (Å²) in [6.45, 7) is 2.18. The molecule has 0 radical (unpaired) electrons. The Hall–Kier alpha value is -0.730. The number of benzene rings is 1. The molecule has 2 aliphatic rings. The molecular weight excluding hydrogens is 210 g/mol. The van der Waals surface area contributed by atoms with E-state index in [1.807, 2.05) is 0 Å². The Morgan fingerprint density at radius 1 is 1.13 bits per heavy atom. The van der Waals surface area contributed by atoms with Crippen molar-refractivity contribution in [1.29, 1.82) is 0 Å². The molecule has 0 atom stereocenters. The van der Waals surface area contributed by atoms with Gasteiger partial charge in [0.25, 0.3) is 0 Å². The first-order chi connectivity index (χ1) is 6.88. The van der Waals surface area contributed by atoms with E-state index >= 15 is 0 Å². The Labute approximate surface area is 96.4 Å². The summed E-state index contributed by atoms with van der Waals surface area (Å²) in [4.78, 5) is 0. The van der Waals surface area contributed by atoms with Gasteiger partial charge >= 0.3 is 0 Å². The first kappa shape index (κ1) is 10.8. The molecule has 0 amide bonds. The second-order valence-corrected chi connectivity index (χ2v) is 4.32. The zero-order valence-electron chi connectivity index (χ0n) is 8.66. The SMILES string of the molecule is Cl.c1ccc2c(c1)CC1(CCNCC1)O2. The van der Waals surface area contributed by atoms with E-state index in [2.05, 4.69) is 29.6 Å². The summed E-state index contributed by atoms with van der Waals surface area (Å²) in [6.07, 6.45) is 3.38. The highest BCUT2D eigenvalue weighted by atomic mass is 35.5. The zero-order chi connectivity index (χ0) is 9.43. The number of hydrogen-bond donors (Lipinski definition) is 1. The fourth-order valence-corrected chi connectivity index (χ4v) is 2.53. The third kappa shape index (κ3) is 1.84. The maximum Gasteiger partial charge on any atom is 0.123 e. The molecule has 3 rings (SSSR count). The quantitative estimate of drug-likeness (QED) is 0.731. The average Bonchev–Trinajstić information content (AvgIpc) is 2.56. The molecule has 1 fully saturated rings. The smallest absolute Gasteiger partial charge is 0.123 e. The highest BCUT2D eigenvalue weighted by Gasteiger charge is 2.39. The van der Waals surface area contributed by atoms with Crippen LogP contribution in [-0.4, -0.2) is 18.7 Å². The van der Waals surface area contributed by atoms with Crippen molar-refractivity contribution >= 4 is 12.4 Å². The van der Waals surface area contributed by atoms with E-state index in [9.17, 15) is 0 Å². The molecule has 0 bridgehead atoms. The molecule has 1 saturated heterocycles. The minimum absolute atomic E-state index is 0. The lowest BCUT2D eigenvalue weighted by molar-refractivity contribution is 0.0600. The van der Waals surface area contributed by atoms with Gasteiger partial charge in [-0.05, 0) is 37.6 Å². The monoisotopic (exact) mass is 225 g/mol. The lowest BCUT2D eigenvalue weighted by Crippen LogP contribution is -2.45. The van der Waals surface area contributed by atoms with Crippen LogP contribution in [0.1, 0.15) is 18.4 Å². The Morgan fingerprint density at radius 3 is 2.60 bits per heavy atom. The van der Waals surface area contributed by atoms with E-state index in [4.69, 9.17) is 4.74 Å². The molecule has 3 heteroatoms. The van der Waals surface area contributed by atoms with Crippen LogP contribution >= 0.6 is 12.4 Å². The molecule has 1 aromatic rings. The molecule has 0 saturated carbocycles. The normalized spacial score (nSPS) is 21.6. The Bertz CT molecular complexity index is 320. The molecule has 1 spiro atoms. The predicted octanol–water partition coefficient (Wildman–Crippen LogP) is 2.17. The number of hydrogen-bond acceptors (Lipinski definition) is 2. The van der Waals surface area contributed by atoms with Crippen LogP contribution in [-0.2, 0) is 6.42 Å². The zero-order valence-corrected chi connectivity index (χ0v) is 9.48. The number of halogens is 1. The molecule has 0 aromatic heterocycles. The number of piperidine rings is 1. The van der Waals surface area contributed by atoms with E-state index in [-0.39, 0.29) is 18.0 Å². The fraction of sp³-hybridized carbons (Fsp3) is 0.500. The van der Waals surface area contributed by atoms with Crippen molar-refractivity contribution in [3.05, 3.63) is 29.8 Å². The van der Waals surface area contributed by atoms with Gasteiger partial charge in [0.05, 0.1) is 0 Å². The van der Waals surface area contributed by atoms with Gasteiger partial charge in [0.15, 0.2) is 0 Å². The highest BCUT2D eigenvalue weighted by Crippen LogP contribution is 2.39. The van der Waals surface area contributed by atoms with Crippen LogP contribution in [0.4, 0.5) is 0 Å². The largest absolute Gasteiger partial charge is 0.487 e. The molecule has 1 N–H and O–H groups in total. The van der Waals surface area contributed by atoms with Crippen LogP contribution in [0.2, 0.25) is 0 Å². The highest BCUT2D eigenvalue weighted by molar-refractivity contribution is 5.85. The van der Waals surface area contributed by atoms with Crippen molar-refractivity contribution in [2.45, 2.75) is 24.9 Å². The topological polar surface area (TPSA) is 21.3 Å². The van der Waals surface area contributed by atoms with E-state index in [1.165, 1.54) is 5.56 Å². The number of fused-ring (bicyclic) bond motifs is 1. The molecule has 2 aliphatic heterocycles. The van der Waals surface area contributed by atoms with Gasteiger partial charge in [-0.25, -0.2) is 0 Å². The van der Waals surface area contributed by atoms with E-state index in [0.29, 0.717) is 0 Å². The van der Waals surface area contributed by atoms with Gasteiger partial charge in [0.2, 0.25) is 0 Å². The molecule has 0 unspecified atom stereocenters. The van der Waals surface area contributed by atoms with Crippen LogP contribution in [0.5, 0.6) is 5.75 Å². The first-order valence-corrected chi connectivity index (χ1v) is 5.36. The number of para-hydroxylation sites is 1. The summed E-state index contributed by atoms with van der Waals surface area (Å²) in [5.74, 6) is 1.11. The summed E-state index contributed by atoms with van der Waals surface area (Å²) >= 11 is 0. The van der Waals surface area contributed by atoms with Crippen LogP contribution < -0.4 is 10.1 Å². The van der Waals surface area contributed by atoms with Gasteiger partial charge in [0, 0.05) is 6.42 Å². The maximum absolute atomic E-state index is 6.10. The van der Waals surface area contributed by atoms with Gasteiger partial charge in [-0.2, -0.15) is 0 Å². The van der Waals surface area contributed by atoms with Crippen molar-refractivity contribution in [2.75, 3.05) is 13.1 Å². The van der Waals surface area contributed by atoms with Gasteiger partial charge in [-0.1, -0.05) is 18.2 Å². The predicted molar refractivity (Wildman–Crippen MR) is 62.9 cm³/mol. The van der Waals surface area contributed by atoms with Crippen molar-refractivity contribution in [3.63, 3.8) is 0 Å². The summed E-state index contributed by atoms with van der Waals surface area (Å²) in [5.41, 5.74) is 1.50. The standard InChI is InChI=1S/C12H15NO.ClH/c1-2-4-11-10(3-1)9-12(14-11)5-7-13-8-6-12;/h1-4,13H,5-9H2;1H. The third-order valence-corrected chi connectivity index (χ3v) is 3.33. The summed E-state index contributed by atoms with van der Waals surface area (Å²) < 4.78 is 6.10. The lowest BCUT2D eigenvalue weighted by Gasteiger charge is -2.33. The lowest BCUT2D eigenvalue weighted by atomic mass is 9.88. The molecule has 2 heterocycles. The summed E-state index contributed by atoms with van der Waals surface area (Å²) in [6, 6.07) is 8.43. The van der Waals surface area contributed by atoms with Crippen molar-refractivity contribution < 1.29 is 4.74 Å². The van der Waals surface area contributed by atoms with E-state index in [1.54, 1.807) is 0 Å². The van der Waals surface area contributed by atoms with Gasteiger partial charge in [-0.3, -0.25) is 0 Å². The van der Waals surface area contributed by atoms with Crippen LogP contribution in [0.15, 0.2) is 24.3 Å². The third-order valence-electron chi connectivity index (χ3n) is 3.33. The fourth-order valence-electron chi connectivity index (χ4n) is 2.53. The van der Waals surface area contributed by atoms with Crippen molar-refractivity contribution in [3.8, 4) is 5.75 Å². The minimum atomic E-state index is 0. The average molecular weight is 226 g/mol. The minimum Gasteiger partial charge on any atom is -0.487 e. The van der Waals surface area contributed by atoms with E-state index < -0.39 is 0 Å². The van der Waals surface area contributed by atoms with Gasteiger partial charge in [-0.15, -0.1) is 12.4 Å². The molecule has 2 nitrogen and oxygen atoms in total. The van der Waals surface area contributed by atoms with Crippen LogP contribution in [0.25, 0.3) is 0 Å². The summed E-state index contributed by atoms with van der Waals surface area (Å²) in [5, 5.41) is 3.38. The molecule has 1 aromatic carbocycles. The van der Waals surface area contributed by atoms with Gasteiger partial charge in [0.1, 0.15) is 11.4 Å². The molecule has 0 aliphatic carbocycles. The van der Waals surface area contributed by atoms with Crippen LogP contribution in [0, 0.1) is 0 Å². The second-order valence-electron chi connectivity index (χ2n) is 4.32. The maximum atomic E-state index is 6.10. The first-order valence-electron chi connectivity index (χ1n) is 5.36. The van der Waals surface area contributed by atoms with Crippen molar-refractivity contribution in [1.82, 2.24) is 5.32 Å². The Morgan fingerprint density at radius 2 is 1.87 bits per heavy atom. The second kappa shape index (κ2) is 4.03. The number of nitrogens with one attached hydrogen (secondary N) is 1. The number of rotatable bonds is 0.